The monoisotopic (exact) mass is 165 g/mol. The fourth-order valence-electron chi connectivity index (χ4n) is 0.892. The second-order valence-electron chi connectivity index (χ2n) is 2.22. The first-order valence-electron chi connectivity index (χ1n) is 3.23. The molecule has 0 saturated carbocycles. The van der Waals surface area contributed by atoms with Gasteiger partial charge in [0.1, 0.15) is 5.75 Å². The maximum absolute atomic E-state index is 10.7. The molecule has 0 fully saturated rings. The van der Waals surface area contributed by atoms with Crippen LogP contribution in [0.15, 0.2) is 18.2 Å². The third-order valence-electron chi connectivity index (χ3n) is 1.47. The van der Waals surface area contributed by atoms with Crippen molar-refractivity contribution in [3.05, 3.63) is 29.3 Å². The number of aromatic hydroxyl groups is 1. The molecule has 62 valence electrons. The molecule has 0 aliphatic heterocycles. The number of phenols is 1. The molecule has 0 aromatic heterocycles. The molecule has 0 heterocycles. The predicted octanol–water partition coefficient (Wildman–Crippen LogP) is 0.304. The summed E-state index contributed by atoms with van der Waals surface area (Å²) in [6.45, 7) is 0. The molecule has 4 nitrogen and oxygen atoms in total. The van der Waals surface area contributed by atoms with E-state index < -0.39 is 5.91 Å². The van der Waals surface area contributed by atoms with Crippen molar-refractivity contribution in [2.24, 2.45) is 5.73 Å². The van der Waals surface area contributed by atoms with Crippen LogP contribution in [0.5, 0.6) is 5.75 Å². The summed E-state index contributed by atoms with van der Waals surface area (Å²) >= 11 is 0. The van der Waals surface area contributed by atoms with Crippen LogP contribution in [0.1, 0.15) is 20.7 Å². The Hall–Kier alpha value is -1.84. The topological polar surface area (TPSA) is 80.4 Å². The molecule has 1 rings (SSSR count). The lowest BCUT2D eigenvalue weighted by atomic mass is 10.1. The number of nitrogens with two attached hydrogens (primary N) is 1. The molecule has 4 heteroatoms. The Morgan fingerprint density at radius 3 is 2.58 bits per heavy atom. The summed E-state index contributed by atoms with van der Waals surface area (Å²) in [5.74, 6) is -0.964. The molecule has 0 atom stereocenters. The Balaban J connectivity index is 3.37. The number of rotatable bonds is 2. The maximum Gasteiger partial charge on any atom is 0.249 e. The van der Waals surface area contributed by atoms with E-state index in [4.69, 9.17) is 10.8 Å². The number of phenolic OH excluding ortho intramolecular Hbond substituents is 1. The maximum atomic E-state index is 10.7. The van der Waals surface area contributed by atoms with E-state index in [1.165, 1.54) is 18.2 Å². The van der Waals surface area contributed by atoms with Gasteiger partial charge < -0.3 is 10.8 Å². The van der Waals surface area contributed by atoms with Crippen LogP contribution >= 0.6 is 0 Å². The van der Waals surface area contributed by atoms with Gasteiger partial charge in [0.15, 0.2) is 6.29 Å². The molecule has 1 aromatic carbocycles. The van der Waals surface area contributed by atoms with Crippen LogP contribution in [0.25, 0.3) is 0 Å². The van der Waals surface area contributed by atoms with Crippen molar-refractivity contribution in [2.75, 3.05) is 0 Å². The quantitative estimate of drug-likeness (QED) is 0.618. The summed E-state index contributed by atoms with van der Waals surface area (Å²) in [5, 5.41) is 9.10. The van der Waals surface area contributed by atoms with Crippen molar-refractivity contribution in [3.63, 3.8) is 0 Å². The number of aldehydes is 1. The van der Waals surface area contributed by atoms with E-state index in [-0.39, 0.29) is 16.9 Å². The van der Waals surface area contributed by atoms with Gasteiger partial charge in [-0.25, -0.2) is 0 Å². The fourth-order valence-corrected chi connectivity index (χ4v) is 0.892. The highest BCUT2D eigenvalue weighted by Crippen LogP contribution is 2.17. The summed E-state index contributed by atoms with van der Waals surface area (Å²) in [5.41, 5.74) is 4.92. The average Bonchev–Trinajstić information content (AvgIpc) is 2.03. The first-order chi connectivity index (χ1) is 5.66. The Labute approximate surface area is 68.6 Å². The standard InChI is InChI=1S/C8H7NO3/c9-8(12)5-2-1-3-7(11)6(5)4-10/h1-4,11H,(H2,9,12). The molecule has 0 saturated heterocycles. The van der Waals surface area contributed by atoms with Crippen molar-refractivity contribution < 1.29 is 14.7 Å². The van der Waals surface area contributed by atoms with Crippen molar-refractivity contribution in [1.82, 2.24) is 0 Å². The predicted molar refractivity (Wildman–Crippen MR) is 42.0 cm³/mol. The Morgan fingerprint density at radius 1 is 1.50 bits per heavy atom. The van der Waals surface area contributed by atoms with Gasteiger partial charge in [-0.3, -0.25) is 9.59 Å². The van der Waals surface area contributed by atoms with Gasteiger partial charge in [-0.1, -0.05) is 6.07 Å². The number of hydrogen-bond donors (Lipinski definition) is 2. The van der Waals surface area contributed by atoms with Gasteiger partial charge in [0.25, 0.3) is 0 Å². The normalized spacial score (nSPS) is 9.33. The van der Waals surface area contributed by atoms with Gasteiger partial charge in [0.05, 0.1) is 11.1 Å². The van der Waals surface area contributed by atoms with Crippen molar-refractivity contribution in [1.29, 1.82) is 0 Å². The highest BCUT2D eigenvalue weighted by atomic mass is 16.3. The highest BCUT2D eigenvalue weighted by molar-refractivity contribution is 6.01. The SMILES string of the molecule is NC(=O)c1cccc(O)c1C=O. The van der Waals surface area contributed by atoms with Crippen molar-refractivity contribution in [2.45, 2.75) is 0 Å². The number of primary amides is 1. The molecule has 0 aliphatic rings. The highest BCUT2D eigenvalue weighted by Gasteiger charge is 2.10. The van der Waals surface area contributed by atoms with Gasteiger partial charge in [-0.15, -0.1) is 0 Å². The Kier molecular flexibility index (Phi) is 2.09. The molecule has 0 unspecified atom stereocenters. The van der Waals surface area contributed by atoms with E-state index >= 15 is 0 Å². The van der Waals surface area contributed by atoms with Crippen molar-refractivity contribution >= 4 is 12.2 Å². The molecule has 1 aromatic rings. The second kappa shape index (κ2) is 3.04. The molecule has 1 amide bonds. The lowest BCUT2D eigenvalue weighted by Crippen LogP contribution is -2.13. The molecule has 3 N–H and O–H groups in total. The van der Waals surface area contributed by atoms with Crippen LogP contribution in [0, 0.1) is 0 Å². The van der Waals surface area contributed by atoms with Gasteiger partial charge >= 0.3 is 0 Å². The van der Waals surface area contributed by atoms with Crippen LogP contribution in [-0.4, -0.2) is 17.3 Å². The average molecular weight is 165 g/mol. The third-order valence-corrected chi connectivity index (χ3v) is 1.47. The van der Waals surface area contributed by atoms with E-state index in [2.05, 4.69) is 0 Å². The lowest BCUT2D eigenvalue weighted by Gasteiger charge is -2.00. The van der Waals surface area contributed by atoms with E-state index in [1.807, 2.05) is 0 Å². The largest absolute Gasteiger partial charge is 0.507 e. The van der Waals surface area contributed by atoms with Gasteiger partial charge in [0, 0.05) is 0 Å². The van der Waals surface area contributed by atoms with Gasteiger partial charge in [-0.05, 0) is 12.1 Å². The molecular weight excluding hydrogens is 158 g/mol. The zero-order valence-electron chi connectivity index (χ0n) is 6.15. The molecule has 0 spiro atoms. The van der Waals surface area contributed by atoms with E-state index in [1.54, 1.807) is 0 Å². The number of amides is 1. The zero-order chi connectivity index (χ0) is 9.14. The van der Waals surface area contributed by atoms with Gasteiger partial charge in [-0.2, -0.15) is 0 Å². The summed E-state index contributed by atoms with van der Waals surface area (Å²) in [7, 11) is 0. The minimum atomic E-state index is -0.729. The van der Waals surface area contributed by atoms with Crippen LogP contribution in [-0.2, 0) is 0 Å². The minimum absolute atomic E-state index is 0.0324. The molecule has 0 bridgehead atoms. The number of carbonyl (C=O) groups is 2. The Bertz CT molecular complexity index is 333. The first-order valence-corrected chi connectivity index (χ1v) is 3.23. The summed E-state index contributed by atoms with van der Waals surface area (Å²) in [4.78, 5) is 21.1. The second-order valence-corrected chi connectivity index (χ2v) is 2.22. The molecule has 0 radical (unpaired) electrons. The third kappa shape index (κ3) is 1.27. The van der Waals surface area contributed by atoms with Crippen LogP contribution in [0.3, 0.4) is 0 Å². The minimum Gasteiger partial charge on any atom is -0.507 e. The van der Waals surface area contributed by atoms with E-state index in [9.17, 15) is 9.59 Å². The number of hydrogen-bond acceptors (Lipinski definition) is 3. The van der Waals surface area contributed by atoms with Crippen LogP contribution in [0.2, 0.25) is 0 Å². The zero-order valence-corrected chi connectivity index (χ0v) is 6.15. The smallest absolute Gasteiger partial charge is 0.249 e. The summed E-state index contributed by atoms with van der Waals surface area (Å²) in [6, 6.07) is 4.14. The summed E-state index contributed by atoms with van der Waals surface area (Å²) in [6.07, 6.45) is 0.398. The van der Waals surface area contributed by atoms with Gasteiger partial charge in [0.2, 0.25) is 5.91 Å². The first kappa shape index (κ1) is 8.26. The van der Waals surface area contributed by atoms with Crippen LogP contribution in [0.4, 0.5) is 0 Å². The van der Waals surface area contributed by atoms with Crippen LogP contribution < -0.4 is 5.73 Å². The molecule has 0 aliphatic carbocycles. The summed E-state index contributed by atoms with van der Waals surface area (Å²) < 4.78 is 0. The van der Waals surface area contributed by atoms with E-state index in [0.717, 1.165) is 0 Å². The Morgan fingerprint density at radius 2 is 2.17 bits per heavy atom. The van der Waals surface area contributed by atoms with E-state index in [0.29, 0.717) is 6.29 Å². The lowest BCUT2D eigenvalue weighted by molar-refractivity contribution is 0.0992. The number of carbonyl (C=O) groups excluding carboxylic acids is 2. The fraction of sp³-hybridized carbons (Fsp3) is 0. The number of benzene rings is 1. The van der Waals surface area contributed by atoms with Crippen molar-refractivity contribution in [3.8, 4) is 5.75 Å². The molecular formula is C8H7NO3. The molecule has 12 heavy (non-hydrogen) atoms.